The fraction of sp³-hybridized carbons (Fsp3) is 0.214. The van der Waals surface area contributed by atoms with Gasteiger partial charge in [-0.15, -0.1) is 0 Å². The van der Waals surface area contributed by atoms with Gasteiger partial charge in [0.05, 0.1) is 6.10 Å². The van der Waals surface area contributed by atoms with Crippen LogP contribution in [-0.4, -0.2) is 18.0 Å². The van der Waals surface area contributed by atoms with E-state index in [4.69, 9.17) is 14.2 Å². The highest BCUT2D eigenvalue weighted by molar-refractivity contribution is 5.99. The Bertz CT molecular complexity index is 1190. The smallest absolute Gasteiger partial charge is 0.335 e. The molecular weight excluding hydrogens is 416 g/mol. The SMILES string of the molecule is C=CC(=O)Oc1ccc(OC(=O)C=C)c2cc(-c3ccc(OC4CCCCC4)cc3)ccc12. The monoisotopic (exact) mass is 442 g/mol. The molecule has 1 aliphatic carbocycles. The summed E-state index contributed by atoms with van der Waals surface area (Å²) in [5, 5.41) is 1.28. The molecule has 0 atom stereocenters. The molecule has 5 heteroatoms. The van der Waals surface area contributed by atoms with E-state index < -0.39 is 11.9 Å². The third kappa shape index (κ3) is 5.32. The molecule has 3 aromatic carbocycles. The minimum atomic E-state index is -0.568. The molecule has 5 nitrogen and oxygen atoms in total. The standard InChI is InChI=1S/C28H26O5/c1-3-27(29)32-25-16-17-26(33-28(30)4-2)24-18-20(12-15-23(24)25)19-10-13-22(14-11-19)31-21-8-6-5-7-9-21/h3-4,10-18,21H,1-2,5-9H2. The Hall–Kier alpha value is -3.86. The van der Waals surface area contributed by atoms with Crippen molar-refractivity contribution in [1.29, 1.82) is 0 Å². The lowest BCUT2D eigenvalue weighted by Gasteiger charge is -2.23. The summed E-state index contributed by atoms with van der Waals surface area (Å²) in [6.07, 6.45) is 8.46. The van der Waals surface area contributed by atoms with E-state index in [0.29, 0.717) is 28.4 Å². The van der Waals surface area contributed by atoms with Gasteiger partial charge in [-0.1, -0.05) is 37.8 Å². The maximum atomic E-state index is 11.8. The van der Waals surface area contributed by atoms with Crippen molar-refractivity contribution in [1.82, 2.24) is 0 Å². The Morgan fingerprint density at radius 3 is 1.91 bits per heavy atom. The number of ether oxygens (including phenoxy) is 3. The largest absolute Gasteiger partial charge is 0.490 e. The molecule has 0 bridgehead atoms. The van der Waals surface area contributed by atoms with Gasteiger partial charge >= 0.3 is 11.9 Å². The normalized spacial score (nSPS) is 13.8. The molecule has 0 unspecified atom stereocenters. The third-order valence-electron chi connectivity index (χ3n) is 5.73. The van der Waals surface area contributed by atoms with Crippen LogP contribution in [0.2, 0.25) is 0 Å². The van der Waals surface area contributed by atoms with Crippen LogP contribution in [0.25, 0.3) is 21.9 Å². The van der Waals surface area contributed by atoms with Crippen LogP contribution in [0.15, 0.2) is 79.9 Å². The van der Waals surface area contributed by atoms with E-state index in [2.05, 4.69) is 13.2 Å². The first kappa shape index (κ1) is 22.3. The predicted molar refractivity (Wildman–Crippen MR) is 129 cm³/mol. The Morgan fingerprint density at radius 1 is 0.727 bits per heavy atom. The van der Waals surface area contributed by atoms with Crippen molar-refractivity contribution in [3.63, 3.8) is 0 Å². The van der Waals surface area contributed by atoms with Crippen molar-refractivity contribution in [3.8, 4) is 28.4 Å². The van der Waals surface area contributed by atoms with Gasteiger partial charge in [0.15, 0.2) is 0 Å². The van der Waals surface area contributed by atoms with Gasteiger partial charge in [0.2, 0.25) is 0 Å². The minimum Gasteiger partial charge on any atom is -0.490 e. The number of esters is 2. The number of hydrogen-bond acceptors (Lipinski definition) is 5. The van der Waals surface area contributed by atoms with E-state index in [1.807, 2.05) is 42.5 Å². The van der Waals surface area contributed by atoms with Crippen molar-refractivity contribution < 1.29 is 23.8 Å². The van der Waals surface area contributed by atoms with E-state index in [1.165, 1.54) is 19.3 Å². The van der Waals surface area contributed by atoms with Crippen LogP contribution in [0.5, 0.6) is 17.2 Å². The molecule has 0 heterocycles. The fourth-order valence-electron chi connectivity index (χ4n) is 4.05. The summed E-state index contributed by atoms with van der Waals surface area (Å²) < 4.78 is 16.9. The Labute approximate surface area is 193 Å². The number of fused-ring (bicyclic) bond motifs is 1. The third-order valence-corrected chi connectivity index (χ3v) is 5.73. The van der Waals surface area contributed by atoms with E-state index in [0.717, 1.165) is 41.9 Å². The summed E-state index contributed by atoms with van der Waals surface area (Å²) in [6.45, 7) is 6.89. The molecule has 4 rings (SSSR count). The number of benzene rings is 3. The number of hydrogen-bond donors (Lipinski definition) is 0. The summed E-state index contributed by atoms with van der Waals surface area (Å²) in [4.78, 5) is 23.6. The highest BCUT2D eigenvalue weighted by atomic mass is 16.5. The van der Waals surface area contributed by atoms with Crippen LogP contribution in [0.1, 0.15) is 32.1 Å². The first-order valence-corrected chi connectivity index (χ1v) is 11.1. The Balaban J connectivity index is 1.66. The summed E-state index contributed by atoms with van der Waals surface area (Å²) in [7, 11) is 0. The van der Waals surface area contributed by atoms with E-state index in [9.17, 15) is 9.59 Å². The Morgan fingerprint density at radius 2 is 1.30 bits per heavy atom. The average Bonchev–Trinajstić information content (AvgIpc) is 2.86. The molecule has 0 N–H and O–H groups in total. The molecule has 1 fully saturated rings. The van der Waals surface area contributed by atoms with Crippen molar-refractivity contribution in [3.05, 3.63) is 79.9 Å². The lowest BCUT2D eigenvalue weighted by atomic mass is 9.97. The summed E-state index contributed by atoms with van der Waals surface area (Å²) in [5.41, 5.74) is 1.91. The zero-order valence-corrected chi connectivity index (χ0v) is 18.4. The van der Waals surface area contributed by atoms with Crippen LogP contribution >= 0.6 is 0 Å². The van der Waals surface area contributed by atoms with Gasteiger partial charge in [0.1, 0.15) is 17.2 Å². The topological polar surface area (TPSA) is 61.8 Å². The van der Waals surface area contributed by atoms with Gasteiger partial charge in [0.25, 0.3) is 0 Å². The van der Waals surface area contributed by atoms with Crippen molar-refractivity contribution in [2.24, 2.45) is 0 Å². The fourth-order valence-corrected chi connectivity index (χ4v) is 4.05. The molecule has 0 aliphatic heterocycles. The first-order valence-electron chi connectivity index (χ1n) is 11.1. The zero-order valence-electron chi connectivity index (χ0n) is 18.4. The second kappa shape index (κ2) is 10.2. The Kier molecular flexibility index (Phi) is 6.89. The number of rotatable bonds is 7. The second-order valence-corrected chi connectivity index (χ2v) is 7.97. The van der Waals surface area contributed by atoms with Crippen molar-refractivity contribution in [2.45, 2.75) is 38.2 Å². The maximum Gasteiger partial charge on any atom is 0.335 e. The van der Waals surface area contributed by atoms with Gasteiger partial charge in [-0.3, -0.25) is 0 Å². The number of carbonyl (C=O) groups excluding carboxylic acids is 2. The molecule has 0 spiro atoms. The molecule has 0 radical (unpaired) electrons. The molecule has 168 valence electrons. The van der Waals surface area contributed by atoms with Crippen LogP contribution in [-0.2, 0) is 9.59 Å². The molecular formula is C28H26O5. The van der Waals surface area contributed by atoms with Gasteiger partial charge in [0, 0.05) is 22.9 Å². The minimum absolute atomic E-state index is 0.295. The molecule has 33 heavy (non-hydrogen) atoms. The van der Waals surface area contributed by atoms with Gasteiger partial charge < -0.3 is 14.2 Å². The summed E-state index contributed by atoms with van der Waals surface area (Å²) >= 11 is 0. The maximum absolute atomic E-state index is 11.8. The van der Waals surface area contributed by atoms with Gasteiger partial charge in [-0.2, -0.15) is 0 Å². The van der Waals surface area contributed by atoms with E-state index in [-0.39, 0.29) is 0 Å². The molecule has 1 aliphatic rings. The van der Waals surface area contributed by atoms with E-state index in [1.54, 1.807) is 12.1 Å². The lowest BCUT2D eigenvalue weighted by molar-refractivity contribution is -0.129. The quantitative estimate of drug-likeness (QED) is 0.241. The van der Waals surface area contributed by atoms with Crippen LogP contribution in [0.4, 0.5) is 0 Å². The second-order valence-electron chi connectivity index (χ2n) is 7.97. The summed E-state index contributed by atoms with van der Waals surface area (Å²) in [6, 6.07) is 16.9. The average molecular weight is 443 g/mol. The van der Waals surface area contributed by atoms with Crippen LogP contribution in [0.3, 0.4) is 0 Å². The van der Waals surface area contributed by atoms with Crippen molar-refractivity contribution >= 4 is 22.7 Å². The predicted octanol–water partition coefficient (Wildman–Crippen LogP) is 6.40. The van der Waals surface area contributed by atoms with Crippen LogP contribution < -0.4 is 14.2 Å². The molecule has 3 aromatic rings. The van der Waals surface area contributed by atoms with Gasteiger partial charge in [-0.05, 0) is 73.2 Å². The molecule has 0 amide bonds. The zero-order chi connectivity index (χ0) is 23.2. The van der Waals surface area contributed by atoms with Gasteiger partial charge in [-0.25, -0.2) is 9.59 Å². The lowest BCUT2D eigenvalue weighted by Crippen LogP contribution is -2.19. The highest BCUT2D eigenvalue weighted by Gasteiger charge is 2.16. The highest BCUT2D eigenvalue weighted by Crippen LogP contribution is 2.37. The summed E-state index contributed by atoms with van der Waals surface area (Å²) in [5.74, 6) is 0.445. The molecule has 0 saturated heterocycles. The molecule has 0 aromatic heterocycles. The first-order chi connectivity index (χ1) is 16.1. The van der Waals surface area contributed by atoms with Crippen molar-refractivity contribution in [2.75, 3.05) is 0 Å². The van der Waals surface area contributed by atoms with Crippen LogP contribution in [0, 0.1) is 0 Å². The van der Waals surface area contributed by atoms with E-state index >= 15 is 0 Å². The molecule has 1 saturated carbocycles. The number of carbonyl (C=O) groups is 2.